The molecule has 1 aromatic rings. The molecule has 30 heavy (non-hydrogen) atoms. The summed E-state index contributed by atoms with van der Waals surface area (Å²) in [6.45, 7) is 3.34. The molecule has 4 amide bonds. The van der Waals surface area contributed by atoms with E-state index in [0.29, 0.717) is 37.6 Å². The van der Waals surface area contributed by atoms with Crippen LogP contribution in [-0.4, -0.2) is 65.9 Å². The zero-order chi connectivity index (χ0) is 21.5. The molecule has 1 saturated carbocycles. The summed E-state index contributed by atoms with van der Waals surface area (Å²) in [6.07, 6.45) is 6.09. The van der Waals surface area contributed by atoms with Gasteiger partial charge in [0, 0.05) is 50.6 Å². The van der Waals surface area contributed by atoms with Gasteiger partial charge in [0.25, 0.3) is 0 Å². The van der Waals surface area contributed by atoms with Crippen LogP contribution in [-0.2, 0) is 16.0 Å². The smallest absolute Gasteiger partial charge is 0.317 e. The lowest BCUT2D eigenvalue weighted by atomic mass is 9.96. The molecule has 2 fully saturated rings. The Labute approximate surface area is 183 Å². The number of urea groups is 1. The third-order valence-corrected chi connectivity index (χ3v) is 6.09. The van der Waals surface area contributed by atoms with Gasteiger partial charge in [-0.1, -0.05) is 43.0 Å². The molecule has 1 heterocycles. The molecular weight excluding hydrogens is 404 g/mol. The van der Waals surface area contributed by atoms with Crippen LogP contribution in [0, 0.1) is 0 Å². The Morgan fingerprint density at radius 3 is 2.20 bits per heavy atom. The zero-order valence-corrected chi connectivity index (χ0v) is 18.3. The number of benzene rings is 1. The van der Waals surface area contributed by atoms with Crippen LogP contribution < -0.4 is 10.6 Å². The fraction of sp³-hybridized carbons (Fsp3) is 0.591. The fourth-order valence-corrected chi connectivity index (χ4v) is 4.29. The number of carbonyl (C=O) groups is 3. The van der Waals surface area contributed by atoms with Crippen molar-refractivity contribution < 1.29 is 14.4 Å². The van der Waals surface area contributed by atoms with Crippen molar-refractivity contribution in [2.75, 3.05) is 26.2 Å². The van der Waals surface area contributed by atoms with Crippen molar-refractivity contribution in [3.8, 4) is 0 Å². The van der Waals surface area contributed by atoms with Crippen LogP contribution in [0.3, 0.4) is 0 Å². The summed E-state index contributed by atoms with van der Waals surface area (Å²) in [5.41, 5.74) is 0.928. The Balaban J connectivity index is 1.53. The molecule has 1 unspecified atom stereocenters. The van der Waals surface area contributed by atoms with Gasteiger partial charge in [-0.05, 0) is 30.5 Å². The molecule has 1 saturated heterocycles. The summed E-state index contributed by atoms with van der Waals surface area (Å²) in [4.78, 5) is 40.8. The first-order valence-corrected chi connectivity index (χ1v) is 11.2. The van der Waals surface area contributed by atoms with Crippen LogP contribution in [0.15, 0.2) is 24.3 Å². The monoisotopic (exact) mass is 434 g/mol. The number of amides is 4. The quantitative estimate of drug-likeness (QED) is 0.747. The van der Waals surface area contributed by atoms with E-state index in [9.17, 15) is 14.4 Å². The minimum atomic E-state index is -0.633. The summed E-state index contributed by atoms with van der Waals surface area (Å²) in [5.74, 6) is -0.361. The van der Waals surface area contributed by atoms with E-state index in [4.69, 9.17) is 11.6 Å². The number of nitrogens with zero attached hydrogens (tertiary/aromatic N) is 2. The van der Waals surface area contributed by atoms with Gasteiger partial charge in [0.15, 0.2) is 0 Å². The highest BCUT2D eigenvalue weighted by atomic mass is 35.5. The van der Waals surface area contributed by atoms with E-state index in [1.54, 1.807) is 21.9 Å². The van der Waals surface area contributed by atoms with E-state index in [-0.39, 0.29) is 23.9 Å². The molecule has 0 radical (unpaired) electrons. The van der Waals surface area contributed by atoms with Gasteiger partial charge in [0.1, 0.15) is 6.04 Å². The fourth-order valence-electron chi connectivity index (χ4n) is 4.16. The topological polar surface area (TPSA) is 81.8 Å². The maximum atomic E-state index is 13.1. The first-order valence-electron chi connectivity index (χ1n) is 10.8. The number of rotatable bonds is 5. The van der Waals surface area contributed by atoms with Gasteiger partial charge in [0.2, 0.25) is 11.8 Å². The van der Waals surface area contributed by atoms with Crippen molar-refractivity contribution >= 4 is 29.4 Å². The van der Waals surface area contributed by atoms with Gasteiger partial charge in [-0.2, -0.15) is 0 Å². The molecule has 8 heteroatoms. The number of hydrogen-bond donors (Lipinski definition) is 2. The second kappa shape index (κ2) is 10.7. The van der Waals surface area contributed by atoms with Crippen LogP contribution in [0.25, 0.3) is 0 Å². The summed E-state index contributed by atoms with van der Waals surface area (Å²) in [7, 11) is 0. The largest absolute Gasteiger partial charge is 0.344 e. The summed E-state index contributed by atoms with van der Waals surface area (Å²) in [5, 5.41) is 6.54. The Hall–Kier alpha value is -2.28. The normalized spacial score (nSPS) is 18.6. The maximum absolute atomic E-state index is 13.1. The average molecular weight is 435 g/mol. The first kappa shape index (κ1) is 22.4. The molecule has 2 N–H and O–H groups in total. The van der Waals surface area contributed by atoms with Crippen molar-refractivity contribution in [3.63, 3.8) is 0 Å². The van der Waals surface area contributed by atoms with Gasteiger partial charge in [0.05, 0.1) is 0 Å². The zero-order valence-electron chi connectivity index (χ0n) is 17.5. The molecule has 1 aliphatic heterocycles. The van der Waals surface area contributed by atoms with Crippen LogP contribution in [0.4, 0.5) is 4.79 Å². The number of piperazine rings is 1. The van der Waals surface area contributed by atoms with Gasteiger partial charge in [-0.25, -0.2) is 4.79 Å². The molecule has 0 spiro atoms. The average Bonchev–Trinajstić information content (AvgIpc) is 2.75. The molecule has 3 rings (SSSR count). The van der Waals surface area contributed by atoms with Crippen LogP contribution >= 0.6 is 11.6 Å². The SMILES string of the molecule is CC(=O)NC(Cc1ccc(Cl)cc1)C(=O)N1CCN(C(=O)NC2CCCCC2)CC1. The van der Waals surface area contributed by atoms with Gasteiger partial charge in [-0.15, -0.1) is 0 Å². The summed E-state index contributed by atoms with van der Waals surface area (Å²) < 4.78 is 0. The molecule has 1 aliphatic carbocycles. The molecule has 1 atom stereocenters. The Morgan fingerprint density at radius 1 is 1.00 bits per heavy atom. The van der Waals surface area contributed by atoms with Crippen molar-refractivity contribution in [3.05, 3.63) is 34.9 Å². The number of hydrogen-bond acceptors (Lipinski definition) is 3. The standard InChI is InChI=1S/C22H31ClN4O3/c1-16(28)24-20(15-17-7-9-18(23)10-8-17)21(29)26-11-13-27(14-12-26)22(30)25-19-5-3-2-4-6-19/h7-10,19-20H,2-6,11-15H2,1H3,(H,24,28)(H,25,30). The second-order valence-corrected chi connectivity index (χ2v) is 8.62. The summed E-state index contributed by atoms with van der Waals surface area (Å²) in [6, 6.07) is 6.87. The molecule has 0 aromatic heterocycles. The van der Waals surface area contributed by atoms with E-state index in [0.717, 1.165) is 18.4 Å². The lowest BCUT2D eigenvalue weighted by molar-refractivity contribution is -0.137. The van der Waals surface area contributed by atoms with Gasteiger partial charge in [-0.3, -0.25) is 9.59 Å². The van der Waals surface area contributed by atoms with Crippen LogP contribution in [0.5, 0.6) is 0 Å². The van der Waals surface area contributed by atoms with Crippen molar-refractivity contribution in [1.82, 2.24) is 20.4 Å². The molecule has 0 bridgehead atoms. The highest BCUT2D eigenvalue weighted by Gasteiger charge is 2.30. The first-order chi connectivity index (χ1) is 14.4. The van der Waals surface area contributed by atoms with E-state index in [1.165, 1.54) is 26.2 Å². The number of nitrogens with one attached hydrogen (secondary N) is 2. The maximum Gasteiger partial charge on any atom is 0.317 e. The predicted molar refractivity (Wildman–Crippen MR) is 116 cm³/mol. The number of carbonyl (C=O) groups excluding carboxylic acids is 3. The summed E-state index contributed by atoms with van der Waals surface area (Å²) >= 11 is 5.94. The Morgan fingerprint density at radius 2 is 1.60 bits per heavy atom. The van der Waals surface area contributed by atoms with Crippen molar-refractivity contribution in [1.29, 1.82) is 0 Å². The third kappa shape index (κ3) is 6.36. The van der Waals surface area contributed by atoms with E-state index >= 15 is 0 Å². The van der Waals surface area contributed by atoms with Gasteiger partial charge < -0.3 is 20.4 Å². The molecule has 7 nitrogen and oxygen atoms in total. The van der Waals surface area contributed by atoms with E-state index in [2.05, 4.69) is 10.6 Å². The highest BCUT2D eigenvalue weighted by Crippen LogP contribution is 2.18. The number of halogens is 1. The van der Waals surface area contributed by atoms with E-state index < -0.39 is 6.04 Å². The molecule has 1 aromatic carbocycles. The lowest BCUT2D eigenvalue weighted by Crippen LogP contribution is -2.58. The molecular formula is C22H31ClN4O3. The predicted octanol–water partition coefficient (Wildman–Crippen LogP) is 2.57. The van der Waals surface area contributed by atoms with Crippen LogP contribution in [0.2, 0.25) is 5.02 Å². The second-order valence-electron chi connectivity index (χ2n) is 8.18. The van der Waals surface area contributed by atoms with Crippen molar-refractivity contribution in [2.24, 2.45) is 0 Å². The van der Waals surface area contributed by atoms with Gasteiger partial charge >= 0.3 is 6.03 Å². The van der Waals surface area contributed by atoms with Crippen LogP contribution in [0.1, 0.15) is 44.6 Å². The highest BCUT2D eigenvalue weighted by molar-refractivity contribution is 6.30. The lowest BCUT2D eigenvalue weighted by Gasteiger charge is -2.37. The Bertz CT molecular complexity index is 741. The minimum absolute atomic E-state index is 0.0337. The molecule has 2 aliphatic rings. The minimum Gasteiger partial charge on any atom is -0.344 e. The van der Waals surface area contributed by atoms with E-state index in [1.807, 2.05) is 12.1 Å². The Kier molecular flexibility index (Phi) is 7.96. The van der Waals surface area contributed by atoms with Crippen molar-refractivity contribution in [2.45, 2.75) is 57.5 Å². The third-order valence-electron chi connectivity index (χ3n) is 5.84. The molecule has 164 valence electrons.